The Kier molecular flexibility index (Phi) is 5.08. The van der Waals surface area contributed by atoms with E-state index in [0.29, 0.717) is 17.1 Å². The highest BCUT2D eigenvalue weighted by Crippen LogP contribution is 2.27. The summed E-state index contributed by atoms with van der Waals surface area (Å²) in [5.74, 6) is 0.362. The third-order valence-corrected chi connectivity index (χ3v) is 4.86. The van der Waals surface area contributed by atoms with Crippen molar-refractivity contribution in [2.75, 3.05) is 13.1 Å². The second kappa shape index (κ2) is 7.27. The minimum Gasteiger partial charge on any atom is -0.309 e. The summed E-state index contributed by atoms with van der Waals surface area (Å²) in [5.41, 5.74) is 1.13. The van der Waals surface area contributed by atoms with Crippen LogP contribution in [0.1, 0.15) is 47.7 Å². The maximum Gasteiger partial charge on any atom is 0.251 e. The highest BCUT2D eigenvalue weighted by Gasteiger charge is 2.29. The largest absolute Gasteiger partial charge is 0.309 e. The number of carbonyl (C=O) groups excluding carboxylic acids is 1. The van der Waals surface area contributed by atoms with Crippen LogP contribution in [0.4, 0.5) is 4.39 Å². The van der Waals surface area contributed by atoms with E-state index in [0.717, 1.165) is 25.9 Å². The van der Waals surface area contributed by atoms with Crippen molar-refractivity contribution >= 4 is 5.78 Å². The Bertz CT molecular complexity index is 808. The Morgan fingerprint density at radius 2 is 1.92 bits per heavy atom. The van der Waals surface area contributed by atoms with Crippen LogP contribution in [0.2, 0.25) is 0 Å². The Hall–Kier alpha value is -2.34. The lowest BCUT2D eigenvalue weighted by Gasteiger charge is -2.35. The molecule has 132 valence electrons. The fourth-order valence-corrected chi connectivity index (χ4v) is 3.37. The van der Waals surface area contributed by atoms with Gasteiger partial charge in [0.2, 0.25) is 0 Å². The van der Waals surface area contributed by atoms with Crippen molar-refractivity contribution < 1.29 is 9.18 Å². The van der Waals surface area contributed by atoms with E-state index in [9.17, 15) is 14.0 Å². The van der Waals surface area contributed by atoms with Crippen LogP contribution in [0.3, 0.4) is 0 Å². The molecule has 0 radical (unpaired) electrons. The van der Waals surface area contributed by atoms with Gasteiger partial charge in [-0.25, -0.2) is 9.37 Å². The number of H-pyrrole nitrogens is 1. The minimum atomic E-state index is -0.333. The van der Waals surface area contributed by atoms with E-state index in [1.807, 2.05) is 6.92 Å². The van der Waals surface area contributed by atoms with Gasteiger partial charge in [0.1, 0.15) is 11.6 Å². The zero-order chi connectivity index (χ0) is 18.0. The molecule has 1 N–H and O–H groups in total. The summed E-state index contributed by atoms with van der Waals surface area (Å²) in [6, 6.07) is 7.22. The molecule has 0 spiro atoms. The number of aryl methyl sites for hydroxylation is 1. The standard InChI is InChI=1S/C19H22FN3O2/c1-12-11-17(24)22-19(21-12)13(2)23-9-7-15(8-10-23)18(25)14-3-5-16(20)6-4-14/h3-6,11,13,15H,7-10H2,1-2H3,(H,21,22,24)/t13-/m1/s1. The number of halogens is 1. The first kappa shape index (κ1) is 17.5. The van der Waals surface area contributed by atoms with E-state index in [1.54, 1.807) is 19.1 Å². The monoisotopic (exact) mass is 343 g/mol. The lowest BCUT2D eigenvalue weighted by molar-refractivity contribution is 0.0796. The average Bonchev–Trinajstić information content (AvgIpc) is 2.60. The van der Waals surface area contributed by atoms with Crippen molar-refractivity contribution in [3.05, 3.63) is 63.6 Å². The summed E-state index contributed by atoms with van der Waals surface area (Å²) < 4.78 is 13.0. The van der Waals surface area contributed by atoms with Crippen LogP contribution in [-0.2, 0) is 0 Å². The first-order valence-electron chi connectivity index (χ1n) is 8.56. The van der Waals surface area contributed by atoms with E-state index in [1.165, 1.54) is 18.2 Å². The Morgan fingerprint density at radius 3 is 2.52 bits per heavy atom. The summed E-state index contributed by atoms with van der Waals surface area (Å²) in [6.07, 6.45) is 1.49. The molecule has 3 rings (SSSR count). The van der Waals surface area contributed by atoms with Crippen LogP contribution in [-0.4, -0.2) is 33.7 Å². The van der Waals surface area contributed by atoms with Gasteiger partial charge in [-0.05, 0) is 64.0 Å². The van der Waals surface area contributed by atoms with Crippen LogP contribution in [0, 0.1) is 18.7 Å². The molecule has 1 saturated heterocycles. The topological polar surface area (TPSA) is 66.1 Å². The zero-order valence-electron chi connectivity index (χ0n) is 14.5. The molecule has 1 aromatic heterocycles. The number of ketones is 1. The molecular weight excluding hydrogens is 321 g/mol. The molecule has 1 aromatic carbocycles. The molecule has 0 unspecified atom stereocenters. The third kappa shape index (κ3) is 4.02. The highest BCUT2D eigenvalue weighted by molar-refractivity contribution is 5.97. The van der Waals surface area contributed by atoms with E-state index in [-0.39, 0.29) is 29.1 Å². The van der Waals surface area contributed by atoms with E-state index in [4.69, 9.17) is 0 Å². The molecule has 1 aliphatic heterocycles. The lowest BCUT2D eigenvalue weighted by atomic mass is 9.88. The number of likely N-dealkylation sites (tertiary alicyclic amines) is 1. The molecule has 1 fully saturated rings. The van der Waals surface area contributed by atoms with E-state index >= 15 is 0 Å². The molecule has 1 aliphatic rings. The molecule has 0 saturated carbocycles. The molecule has 0 aliphatic carbocycles. The van der Waals surface area contributed by atoms with Gasteiger partial charge in [0.25, 0.3) is 5.56 Å². The predicted octanol–water partition coefficient (Wildman–Crippen LogP) is 2.87. The maximum atomic E-state index is 13.0. The lowest BCUT2D eigenvalue weighted by Crippen LogP contribution is -2.39. The summed E-state index contributed by atoms with van der Waals surface area (Å²) in [6.45, 7) is 5.34. The quantitative estimate of drug-likeness (QED) is 0.867. The smallest absolute Gasteiger partial charge is 0.251 e. The second-order valence-electron chi connectivity index (χ2n) is 6.63. The fourth-order valence-electron chi connectivity index (χ4n) is 3.37. The van der Waals surface area contributed by atoms with Gasteiger partial charge in [-0.15, -0.1) is 0 Å². The molecule has 2 aromatic rings. The molecule has 25 heavy (non-hydrogen) atoms. The number of nitrogens with one attached hydrogen (secondary N) is 1. The number of hydrogen-bond acceptors (Lipinski definition) is 4. The summed E-state index contributed by atoms with van der Waals surface area (Å²) >= 11 is 0. The van der Waals surface area contributed by atoms with Crippen molar-refractivity contribution in [3.63, 3.8) is 0 Å². The number of nitrogens with zero attached hydrogens (tertiary/aromatic N) is 2. The molecular formula is C19H22FN3O2. The van der Waals surface area contributed by atoms with Gasteiger partial charge in [-0.1, -0.05) is 0 Å². The predicted molar refractivity (Wildman–Crippen MR) is 93.0 cm³/mol. The normalized spacial score (nSPS) is 17.4. The van der Waals surface area contributed by atoms with Crippen LogP contribution in [0.25, 0.3) is 0 Å². The van der Waals surface area contributed by atoms with Crippen molar-refractivity contribution in [2.45, 2.75) is 32.7 Å². The third-order valence-electron chi connectivity index (χ3n) is 4.86. The number of benzene rings is 1. The van der Waals surface area contributed by atoms with Crippen molar-refractivity contribution in [3.8, 4) is 0 Å². The molecule has 0 bridgehead atoms. The number of hydrogen-bond donors (Lipinski definition) is 1. The fraction of sp³-hybridized carbons (Fsp3) is 0.421. The van der Waals surface area contributed by atoms with Crippen LogP contribution in [0.15, 0.2) is 35.1 Å². The first-order valence-corrected chi connectivity index (χ1v) is 8.56. The number of carbonyl (C=O) groups is 1. The minimum absolute atomic E-state index is 0.00512. The summed E-state index contributed by atoms with van der Waals surface area (Å²) in [5, 5.41) is 0. The maximum absolute atomic E-state index is 13.0. The molecule has 2 heterocycles. The second-order valence-corrected chi connectivity index (χ2v) is 6.63. The van der Waals surface area contributed by atoms with Gasteiger partial charge in [0, 0.05) is 23.2 Å². The van der Waals surface area contributed by atoms with E-state index < -0.39 is 0 Å². The number of rotatable bonds is 4. The van der Waals surface area contributed by atoms with Gasteiger partial charge in [0.05, 0.1) is 6.04 Å². The number of piperidine rings is 1. The van der Waals surface area contributed by atoms with Crippen LogP contribution >= 0.6 is 0 Å². The van der Waals surface area contributed by atoms with E-state index in [2.05, 4.69) is 14.9 Å². The van der Waals surface area contributed by atoms with Crippen molar-refractivity contribution in [2.24, 2.45) is 5.92 Å². The Balaban J connectivity index is 1.64. The highest BCUT2D eigenvalue weighted by atomic mass is 19.1. The first-order chi connectivity index (χ1) is 11.9. The van der Waals surface area contributed by atoms with Gasteiger partial charge in [-0.2, -0.15) is 0 Å². The van der Waals surface area contributed by atoms with Crippen molar-refractivity contribution in [1.82, 2.24) is 14.9 Å². The van der Waals surface area contributed by atoms with Crippen LogP contribution < -0.4 is 5.56 Å². The van der Waals surface area contributed by atoms with Gasteiger partial charge < -0.3 is 4.98 Å². The summed E-state index contributed by atoms with van der Waals surface area (Å²) in [7, 11) is 0. The van der Waals surface area contributed by atoms with Gasteiger partial charge in [-0.3, -0.25) is 14.5 Å². The number of Topliss-reactive ketones (excluding diaryl/α,β-unsaturated/α-hetero) is 1. The number of aromatic amines is 1. The molecule has 0 amide bonds. The van der Waals surface area contributed by atoms with Crippen LogP contribution in [0.5, 0.6) is 0 Å². The van der Waals surface area contributed by atoms with Gasteiger partial charge in [0.15, 0.2) is 5.78 Å². The van der Waals surface area contributed by atoms with Gasteiger partial charge >= 0.3 is 0 Å². The summed E-state index contributed by atoms with van der Waals surface area (Å²) in [4.78, 5) is 33.6. The zero-order valence-corrected chi connectivity index (χ0v) is 14.5. The molecule has 6 heteroatoms. The Morgan fingerprint density at radius 1 is 1.28 bits per heavy atom. The molecule has 1 atom stereocenters. The number of aromatic nitrogens is 2. The SMILES string of the molecule is Cc1cc(=O)[nH]c([C@@H](C)N2CCC(C(=O)c3ccc(F)cc3)CC2)n1. The average molecular weight is 343 g/mol. The molecule has 5 nitrogen and oxygen atoms in total. The van der Waals surface area contributed by atoms with Crippen molar-refractivity contribution in [1.29, 1.82) is 0 Å². The Labute approximate surface area is 145 Å².